The van der Waals surface area contributed by atoms with Gasteiger partial charge >= 0.3 is 5.97 Å². The quantitative estimate of drug-likeness (QED) is 0.511. The lowest BCUT2D eigenvalue weighted by Crippen LogP contribution is -2.41. The fraction of sp³-hybridized carbons (Fsp3) is 0.500. The summed E-state index contributed by atoms with van der Waals surface area (Å²) >= 11 is 0. The minimum Gasteiger partial charge on any atom is -0.462 e. The number of carbonyl (C=O) groups is 1. The summed E-state index contributed by atoms with van der Waals surface area (Å²) in [6.45, 7) is -0.261. The van der Waals surface area contributed by atoms with E-state index in [2.05, 4.69) is 10.1 Å². The number of likely N-dealkylation sites (N-methyl/N-ethyl adjacent to an activating group) is 1. The van der Waals surface area contributed by atoms with Crippen LogP contribution in [0, 0.1) is 11.3 Å². The van der Waals surface area contributed by atoms with Crippen LogP contribution >= 0.6 is 0 Å². The molecule has 2 aromatic rings. The van der Waals surface area contributed by atoms with E-state index in [1.54, 1.807) is 25.1 Å². The number of nitrogen functional groups attached to an aromatic ring is 1. The second-order valence-corrected chi connectivity index (χ2v) is 6.52. The SMILES string of the molecule is CN(C)CC(=O)OC[C@H]1O[C@@](C#N)(c2ccc3c(N)ncnn23)[C@H](O)[C@@H]1O. The molecule has 0 radical (unpaired) electrons. The van der Waals surface area contributed by atoms with Gasteiger partial charge in [-0.2, -0.15) is 10.4 Å². The number of aliphatic hydroxyl groups excluding tert-OH is 2. The lowest BCUT2D eigenvalue weighted by atomic mass is 9.92. The molecule has 27 heavy (non-hydrogen) atoms. The van der Waals surface area contributed by atoms with Crippen LogP contribution in [0.2, 0.25) is 0 Å². The number of nitriles is 1. The Labute approximate surface area is 154 Å². The van der Waals surface area contributed by atoms with E-state index in [0.29, 0.717) is 5.52 Å². The van der Waals surface area contributed by atoms with Gasteiger partial charge in [0.15, 0.2) is 5.82 Å². The molecule has 0 aliphatic carbocycles. The van der Waals surface area contributed by atoms with Crippen LogP contribution in [0.1, 0.15) is 5.69 Å². The van der Waals surface area contributed by atoms with Crippen molar-refractivity contribution in [3.05, 3.63) is 24.2 Å². The van der Waals surface area contributed by atoms with Gasteiger partial charge in [0.25, 0.3) is 0 Å². The van der Waals surface area contributed by atoms with Crippen molar-refractivity contribution in [2.75, 3.05) is 33.0 Å². The van der Waals surface area contributed by atoms with Gasteiger partial charge in [0.1, 0.15) is 42.8 Å². The second kappa shape index (κ2) is 7.09. The van der Waals surface area contributed by atoms with Crippen molar-refractivity contribution < 1.29 is 24.5 Å². The molecule has 0 spiro atoms. The molecule has 0 amide bonds. The molecule has 1 aliphatic heterocycles. The molecule has 2 aromatic heterocycles. The van der Waals surface area contributed by atoms with Gasteiger partial charge in [-0.15, -0.1) is 0 Å². The minimum absolute atomic E-state index is 0.0499. The topological polar surface area (TPSA) is 159 Å². The van der Waals surface area contributed by atoms with Crippen molar-refractivity contribution >= 4 is 17.3 Å². The summed E-state index contributed by atoms with van der Waals surface area (Å²) in [4.78, 5) is 17.2. The summed E-state index contributed by atoms with van der Waals surface area (Å²) in [6, 6.07) is 5.01. The number of ether oxygens (including phenoxy) is 2. The molecule has 1 saturated heterocycles. The van der Waals surface area contributed by atoms with Crippen molar-refractivity contribution in [1.82, 2.24) is 19.5 Å². The van der Waals surface area contributed by atoms with E-state index in [0.717, 1.165) is 0 Å². The zero-order chi connectivity index (χ0) is 19.8. The summed E-state index contributed by atoms with van der Waals surface area (Å²) in [5.41, 5.74) is 4.49. The lowest BCUT2D eigenvalue weighted by Gasteiger charge is -2.24. The largest absolute Gasteiger partial charge is 0.462 e. The van der Waals surface area contributed by atoms with Crippen molar-refractivity contribution in [3.8, 4) is 6.07 Å². The third kappa shape index (κ3) is 3.19. The summed E-state index contributed by atoms with van der Waals surface area (Å²) in [7, 11) is 3.41. The average Bonchev–Trinajstić information content (AvgIpc) is 3.15. The molecular weight excluding hydrogens is 356 g/mol. The first-order valence-corrected chi connectivity index (χ1v) is 8.14. The molecule has 4 N–H and O–H groups in total. The number of aliphatic hydroxyl groups is 2. The van der Waals surface area contributed by atoms with Crippen LogP contribution in [0.5, 0.6) is 0 Å². The predicted octanol–water partition coefficient (Wildman–Crippen LogP) is -1.74. The summed E-state index contributed by atoms with van der Waals surface area (Å²) in [5.74, 6) is -0.333. The van der Waals surface area contributed by atoms with Crippen LogP contribution in [0.4, 0.5) is 5.82 Å². The maximum Gasteiger partial charge on any atom is 0.320 e. The Kier molecular flexibility index (Phi) is 4.99. The van der Waals surface area contributed by atoms with Gasteiger partial charge in [-0.25, -0.2) is 9.50 Å². The van der Waals surface area contributed by atoms with E-state index in [-0.39, 0.29) is 24.7 Å². The molecule has 0 aromatic carbocycles. The number of rotatable bonds is 5. The van der Waals surface area contributed by atoms with Crippen LogP contribution in [0.15, 0.2) is 18.5 Å². The normalized spacial score (nSPS) is 27.8. The number of anilines is 1. The van der Waals surface area contributed by atoms with E-state index >= 15 is 0 Å². The molecular formula is C16H20N6O5. The van der Waals surface area contributed by atoms with E-state index < -0.39 is 29.9 Å². The molecule has 0 saturated carbocycles. The number of carbonyl (C=O) groups excluding carboxylic acids is 1. The smallest absolute Gasteiger partial charge is 0.320 e. The summed E-state index contributed by atoms with van der Waals surface area (Å²) in [6.07, 6.45) is -2.92. The van der Waals surface area contributed by atoms with Crippen LogP contribution in [0.25, 0.3) is 5.52 Å². The van der Waals surface area contributed by atoms with E-state index in [1.165, 1.54) is 16.9 Å². The number of hydrogen-bond acceptors (Lipinski definition) is 10. The van der Waals surface area contributed by atoms with Crippen molar-refractivity contribution in [2.24, 2.45) is 0 Å². The fourth-order valence-corrected chi connectivity index (χ4v) is 3.03. The van der Waals surface area contributed by atoms with Gasteiger partial charge in [-0.3, -0.25) is 9.69 Å². The Balaban J connectivity index is 1.88. The first kappa shape index (κ1) is 19.0. The molecule has 3 heterocycles. The zero-order valence-electron chi connectivity index (χ0n) is 14.8. The molecule has 0 unspecified atom stereocenters. The van der Waals surface area contributed by atoms with Crippen LogP contribution < -0.4 is 5.73 Å². The molecule has 11 heteroatoms. The van der Waals surface area contributed by atoms with Gasteiger partial charge < -0.3 is 25.4 Å². The third-order valence-electron chi connectivity index (χ3n) is 4.34. The molecule has 1 aliphatic rings. The van der Waals surface area contributed by atoms with Crippen molar-refractivity contribution in [1.29, 1.82) is 5.26 Å². The van der Waals surface area contributed by atoms with E-state index in [4.69, 9.17) is 15.2 Å². The highest BCUT2D eigenvalue weighted by Gasteiger charge is 2.57. The van der Waals surface area contributed by atoms with Gasteiger partial charge in [0, 0.05) is 0 Å². The lowest BCUT2D eigenvalue weighted by molar-refractivity contribution is -0.151. The first-order valence-electron chi connectivity index (χ1n) is 8.14. The Bertz CT molecular complexity index is 893. The zero-order valence-corrected chi connectivity index (χ0v) is 14.8. The average molecular weight is 376 g/mol. The minimum atomic E-state index is -1.91. The van der Waals surface area contributed by atoms with E-state index in [1.807, 2.05) is 6.07 Å². The van der Waals surface area contributed by atoms with Crippen LogP contribution in [-0.4, -0.2) is 81.2 Å². The molecule has 11 nitrogen and oxygen atoms in total. The Morgan fingerprint density at radius 1 is 1.52 bits per heavy atom. The summed E-state index contributed by atoms with van der Waals surface area (Å²) in [5, 5.41) is 34.7. The van der Waals surface area contributed by atoms with Gasteiger partial charge in [-0.1, -0.05) is 0 Å². The number of hydrogen-bond donors (Lipinski definition) is 3. The fourth-order valence-electron chi connectivity index (χ4n) is 3.03. The van der Waals surface area contributed by atoms with Crippen LogP contribution in [0.3, 0.4) is 0 Å². The maximum absolute atomic E-state index is 11.7. The van der Waals surface area contributed by atoms with Crippen molar-refractivity contribution in [2.45, 2.75) is 23.9 Å². The Morgan fingerprint density at radius 2 is 2.26 bits per heavy atom. The third-order valence-corrected chi connectivity index (χ3v) is 4.34. The van der Waals surface area contributed by atoms with Crippen LogP contribution in [-0.2, 0) is 19.9 Å². The maximum atomic E-state index is 11.7. The molecule has 3 rings (SSSR count). The Morgan fingerprint density at radius 3 is 2.93 bits per heavy atom. The number of aromatic nitrogens is 3. The van der Waals surface area contributed by atoms with Gasteiger partial charge in [0.05, 0.1) is 12.2 Å². The van der Waals surface area contributed by atoms with Gasteiger partial charge in [-0.05, 0) is 26.2 Å². The molecule has 1 fully saturated rings. The van der Waals surface area contributed by atoms with E-state index in [9.17, 15) is 20.3 Å². The number of esters is 1. The first-order chi connectivity index (χ1) is 12.8. The molecule has 144 valence electrons. The van der Waals surface area contributed by atoms with Crippen molar-refractivity contribution in [3.63, 3.8) is 0 Å². The summed E-state index contributed by atoms with van der Waals surface area (Å²) < 4.78 is 12.1. The highest BCUT2D eigenvalue weighted by atomic mass is 16.6. The highest BCUT2D eigenvalue weighted by Crippen LogP contribution is 2.40. The number of nitrogens with two attached hydrogens (primary N) is 1. The standard InChI is InChI=1S/C16H20N6O5/c1-21(2)5-12(23)26-6-10-13(24)14(25)16(7-17,27-10)11-4-3-9-15(18)19-8-20-22(9)11/h3-4,8,10,13-14,24-25H,5-6H2,1-2H3,(H2,18,19,20)/t10-,13-,14-,16+/m1/s1. The molecule has 0 bridgehead atoms. The predicted molar refractivity (Wildman–Crippen MR) is 91.1 cm³/mol. The highest BCUT2D eigenvalue weighted by molar-refractivity contribution is 5.71. The molecule has 4 atom stereocenters. The number of fused-ring (bicyclic) bond motifs is 1. The number of nitrogens with zero attached hydrogens (tertiary/aromatic N) is 5. The van der Waals surface area contributed by atoms with Gasteiger partial charge in [0.2, 0.25) is 5.60 Å². The Hall–Kier alpha value is -2.78. The second-order valence-electron chi connectivity index (χ2n) is 6.52. The monoisotopic (exact) mass is 376 g/mol.